The number of carbonyl (C=O) groups excluding carboxylic acids is 1. The Kier molecular flexibility index (Phi) is 4.11. The fourth-order valence-electron chi connectivity index (χ4n) is 4.80. The van der Waals surface area contributed by atoms with E-state index in [1.807, 2.05) is 11.0 Å². The largest absolute Gasteiger partial charge is 0.338 e. The van der Waals surface area contributed by atoms with Gasteiger partial charge in [-0.25, -0.2) is 9.18 Å². The van der Waals surface area contributed by atoms with Gasteiger partial charge in [-0.15, -0.1) is 0 Å². The number of benzene rings is 1. The Hall–Kier alpha value is -1.58. The van der Waals surface area contributed by atoms with Crippen molar-refractivity contribution in [3.8, 4) is 0 Å². The van der Waals surface area contributed by atoms with E-state index in [-0.39, 0.29) is 17.3 Å². The number of carbonyl (C=O) groups is 1. The van der Waals surface area contributed by atoms with Gasteiger partial charge in [-0.3, -0.25) is 0 Å². The van der Waals surface area contributed by atoms with Crippen molar-refractivity contribution < 1.29 is 9.18 Å². The van der Waals surface area contributed by atoms with Crippen LogP contribution in [0.5, 0.6) is 0 Å². The van der Waals surface area contributed by atoms with Gasteiger partial charge in [0.15, 0.2) is 0 Å². The molecule has 23 heavy (non-hydrogen) atoms. The van der Waals surface area contributed by atoms with Crippen molar-refractivity contribution in [2.24, 2.45) is 10.8 Å². The molecule has 2 aliphatic rings. The molecule has 2 unspecified atom stereocenters. The molecule has 126 valence electrons. The van der Waals surface area contributed by atoms with Crippen LogP contribution < -0.4 is 5.32 Å². The van der Waals surface area contributed by atoms with Gasteiger partial charge >= 0.3 is 6.03 Å². The second-order valence-electron chi connectivity index (χ2n) is 8.41. The zero-order valence-corrected chi connectivity index (χ0v) is 14.4. The van der Waals surface area contributed by atoms with Gasteiger partial charge in [0.1, 0.15) is 5.82 Å². The third-order valence-corrected chi connectivity index (χ3v) is 5.30. The number of hydrogen-bond acceptors (Lipinski definition) is 1. The molecule has 0 radical (unpaired) electrons. The standard InChI is InChI=1S/C19H27FN2O/c1-18(2)10-15-11-19(3,12-18)13-22(15)17(23)21-9-8-14-6-4-5-7-16(14)20/h4-7,15H,8-13H2,1-3H3,(H,21,23). The first-order chi connectivity index (χ1) is 10.8. The van der Waals surface area contributed by atoms with Gasteiger partial charge in [0, 0.05) is 19.1 Å². The van der Waals surface area contributed by atoms with E-state index in [9.17, 15) is 9.18 Å². The van der Waals surface area contributed by atoms with Crippen LogP contribution in [0.4, 0.5) is 9.18 Å². The molecule has 2 amide bonds. The lowest BCUT2D eigenvalue weighted by atomic mass is 9.65. The molecule has 0 spiro atoms. The fraction of sp³-hybridized carbons (Fsp3) is 0.632. The van der Waals surface area contributed by atoms with Crippen molar-refractivity contribution in [3.05, 3.63) is 35.6 Å². The summed E-state index contributed by atoms with van der Waals surface area (Å²) in [5.41, 5.74) is 1.20. The van der Waals surface area contributed by atoms with Gasteiger partial charge in [-0.1, -0.05) is 39.0 Å². The first kappa shape index (κ1) is 16.3. The van der Waals surface area contributed by atoms with Crippen molar-refractivity contribution in [1.82, 2.24) is 10.2 Å². The molecule has 2 bridgehead atoms. The minimum atomic E-state index is -0.201. The number of fused-ring (bicyclic) bond motifs is 2. The summed E-state index contributed by atoms with van der Waals surface area (Å²) in [4.78, 5) is 14.5. The van der Waals surface area contributed by atoms with Gasteiger partial charge in [0.25, 0.3) is 0 Å². The first-order valence-electron chi connectivity index (χ1n) is 8.56. The topological polar surface area (TPSA) is 32.3 Å². The second-order valence-corrected chi connectivity index (χ2v) is 8.41. The summed E-state index contributed by atoms with van der Waals surface area (Å²) in [6, 6.07) is 7.10. The van der Waals surface area contributed by atoms with Crippen molar-refractivity contribution in [2.45, 2.75) is 52.5 Å². The van der Waals surface area contributed by atoms with Crippen LogP contribution in [0, 0.1) is 16.6 Å². The highest BCUT2D eigenvalue weighted by atomic mass is 19.1. The van der Waals surface area contributed by atoms with Crippen LogP contribution in [0.15, 0.2) is 24.3 Å². The normalized spacial score (nSPS) is 28.7. The first-order valence-corrected chi connectivity index (χ1v) is 8.56. The minimum absolute atomic E-state index is 0.00719. The van der Waals surface area contributed by atoms with Gasteiger partial charge < -0.3 is 10.2 Å². The number of urea groups is 1. The summed E-state index contributed by atoms with van der Waals surface area (Å²) in [5, 5.41) is 2.98. The monoisotopic (exact) mass is 318 g/mol. The van der Waals surface area contributed by atoms with E-state index >= 15 is 0 Å². The average molecular weight is 318 g/mol. The maximum absolute atomic E-state index is 13.6. The lowest BCUT2D eigenvalue weighted by Gasteiger charge is -2.39. The average Bonchev–Trinajstić information content (AvgIpc) is 2.70. The summed E-state index contributed by atoms with van der Waals surface area (Å²) in [5.74, 6) is -0.201. The van der Waals surface area contributed by atoms with Crippen LogP contribution in [0.25, 0.3) is 0 Å². The summed E-state index contributed by atoms with van der Waals surface area (Å²) in [6.07, 6.45) is 3.88. The van der Waals surface area contributed by atoms with E-state index in [2.05, 4.69) is 26.1 Å². The Morgan fingerprint density at radius 1 is 1.30 bits per heavy atom. The minimum Gasteiger partial charge on any atom is -0.338 e. The van der Waals surface area contributed by atoms with Crippen LogP contribution in [0.1, 0.15) is 45.6 Å². The molecule has 1 N–H and O–H groups in total. The Morgan fingerprint density at radius 2 is 2.04 bits per heavy atom. The van der Waals surface area contributed by atoms with Crippen molar-refractivity contribution in [1.29, 1.82) is 0 Å². The Bertz CT molecular complexity index is 601. The highest BCUT2D eigenvalue weighted by Crippen LogP contribution is 2.52. The highest BCUT2D eigenvalue weighted by Gasteiger charge is 2.50. The summed E-state index contributed by atoms with van der Waals surface area (Å²) < 4.78 is 13.6. The predicted molar refractivity (Wildman–Crippen MR) is 89.7 cm³/mol. The number of nitrogens with one attached hydrogen (secondary N) is 1. The lowest BCUT2D eigenvalue weighted by molar-refractivity contribution is 0.129. The third-order valence-electron chi connectivity index (χ3n) is 5.30. The fourth-order valence-corrected chi connectivity index (χ4v) is 4.80. The number of nitrogens with zero attached hydrogens (tertiary/aromatic N) is 1. The van der Waals surface area contributed by atoms with Crippen LogP contribution in [-0.4, -0.2) is 30.1 Å². The SMILES string of the molecule is CC1(C)CC2CC(C)(CN2C(=O)NCCc2ccccc2F)C1. The van der Waals surface area contributed by atoms with E-state index in [1.54, 1.807) is 12.1 Å². The van der Waals surface area contributed by atoms with Gasteiger partial charge in [0.2, 0.25) is 0 Å². The molecule has 1 aromatic carbocycles. The smallest absolute Gasteiger partial charge is 0.317 e. The zero-order valence-electron chi connectivity index (χ0n) is 14.4. The third kappa shape index (κ3) is 3.51. The van der Waals surface area contributed by atoms with Gasteiger partial charge in [0.05, 0.1) is 0 Å². The Labute approximate surface area is 138 Å². The van der Waals surface area contributed by atoms with Crippen LogP contribution >= 0.6 is 0 Å². The highest BCUT2D eigenvalue weighted by molar-refractivity contribution is 5.75. The molecular weight excluding hydrogens is 291 g/mol. The van der Waals surface area contributed by atoms with Gasteiger partial charge in [-0.2, -0.15) is 0 Å². The molecule has 1 heterocycles. The Morgan fingerprint density at radius 3 is 2.78 bits per heavy atom. The van der Waals surface area contributed by atoms with Crippen molar-refractivity contribution in [3.63, 3.8) is 0 Å². The van der Waals surface area contributed by atoms with Gasteiger partial charge in [-0.05, 0) is 48.1 Å². The second kappa shape index (κ2) is 5.81. The molecule has 3 rings (SSSR count). The quantitative estimate of drug-likeness (QED) is 0.898. The molecule has 1 saturated carbocycles. The molecular formula is C19H27FN2O. The van der Waals surface area contributed by atoms with E-state index < -0.39 is 0 Å². The van der Waals surface area contributed by atoms with Crippen LogP contribution in [0.3, 0.4) is 0 Å². The molecule has 2 fully saturated rings. The predicted octanol–water partition coefficient (Wildman–Crippen LogP) is 3.98. The summed E-state index contributed by atoms with van der Waals surface area (Å²) in [6.45, 7) is 8.22. The molecule has 2 atom stereocenters. The molecule has 1 aliphatic heterocycles. The molecule has 4 heteroatoms. The molecule has 3 nitrogen and oxygen atoms in total. The molecule has 0 aromatic heterocycles. The number of hydrogen-bond donors (Lipinski definition) is 1. The Balaban J connectivity index is 1.56. The number of rotatable bonds is 3. The molecule has 1 aliphatic carbocycles. The van der Waals surface area contributed by atoms with E-state index in [1.165, 1.54) is 12.5 Å². The van der Waals surface area contributed by atoms with Crippen molar-refractivity contribution >= 4 is 6.03 Å². The zero-order chi connectivity index (χ0) is 16.7. The summed E-state index contributed by atoms with van der Waals surface area (Å²) >= 11 is 0. The lowest BCUT2D eigenvalue weighted by Crippen LogP contribution is -2.44. The number of likely N-dealkylation sites (tertiary alicyclic amines) is 1. The molecule has 1 aromatic rings. The maximum atomic E-state index is 13.6. The van der Waals surface area contributed by atoms with Crippen LogP contribution in [0.2, 0.25) is 0 Å². The summed E-state index contributed by atoms with van der Waals surface area (Å²) in [7, 11) is 0. The van der Waals surface area contributed by atoms with Crippen molar-refractivity contribution in [2.75, 3.05) is 13.1 Å². The maximum Gasteiger partial charge on any atom is 0.317 e. The van der Waals surface area contributed by atoms with Crippen LogP contribution in [-0.2, 0) is 6.42 Å². The van der Waals surface area contributed by atoms with E-state index in [0.29, 0.717) is 30.0 Å². The van der Waals surface area contributed by atoms with E-state index in [0.717, 1.165) is 19.4 Å². The van der Waals surface area contributed by atoms with E-state index in [4.69, 9.17) is 0 Å². The molecule has 1 saturated heterocycles. The number of amides is 2. The number of halogens is 1.